The van der Waals surface area contributed by atoms with Crippen LogP contribution in [0.2, 0.25) is 0 Å². The van der Waals surface area contributed by atoms with Gasteiger partial charge in [0.05, 0.1) is 23.4 Å². The van der Waals surface area contributed by atoms with Crippen molar-refractivity contribution in [2.75, 3.05) is 12.4 Å². The fraction of sp³-hybridized carbons (Fsp3) is 0.389. The third-order valence-corrected chi connectivity index (χ3v) is 3.92. The first-order valence-electron chi connectivity index (χ1n) is 8.46. The SMILES string of the molecule is COc1ccc([N+](=O)[O-])cc1NC(=O)[C@H](C)OC(=O)c1c(C)noc1C(C)C. The van der Waals surface area contributed by atoms with Crippen LogP contribution < -0.4 is 10.1 Å². The summed E-state index contributed by atoms with van der Waals surface area (Å²) in [6.45, 7) is 6.66. The summed E-state index contributed by atoms with van der Waals surface area (Å²) < 4.78 is 15.5. The number of aromatic nitrogens is 1. The molecule has 0 saturated heterocycles. The molecule has 2 aromatic rings. The molecule has 10 heteroatoms. The Labute approximate surface area is 160 Å². The van der Waals surface area contributed by atoms with Gasteiger partial charge < -0.3 is 19.3 Å². The quantitative estimate of drug-likeness (QED) is 0.432. The minimum atomic E-state index is -1.18. The predicted octanol–water partition coefficient (Wildman–Crippen LogP) is 3.21. The number of anilines is 1. The van der Waals surface area contributed by atoms with Crippen LogP contribution in [0.1, 0.15) is 48.5 Å². The van der Waals surface area contributed by atoms with Gasteiger partial charge in [0.1, 0.15) is 11.3 Å². The van der Waals surface area contributed by atoms with Gasteiger partial charge in [0.15, 0.2) is 11.9 Å². The molecular weight excluding hydrogens is 370 g/mol. The van der Waals surface area contributed by atoms with E-state index in [4.69, 9.17) is 14.0 Å². The van der Waals surface area contributed by atoms with Crippen molar-refractivity contribution in [3.63, 3.8) is 0 Å². The second-order valence-corrected chi connectivity index (χ2v) is 6.34. The van der Waals surface area contributed by atoms with Gasteiger partial charge in [0, 0.05) is 18.1 Å². The van der Waals surface area contributed by atoms with Crippen LogP contribution >= 0.6 is 0 Å². The van der Waals surface area contributed by atoms with Gasteiger partial charge in [-0.1, -0.05) is 19.0 Å². The standard InChI is InChI=1S/C18H21N3O7/c1-9(2)16-15(10(3)20-28-16)18(23)27-11(4)17(22)19-13-8-12(21(24)25)6-7-14(13)26-5/h6-9,11H,1-5H3,(H,19,22)/t11-/m0/s1. The van der Waals surface area contributed by atoms with Crippen molar-refractivity contribution >= 4 is 23.3 Å². The second-order valence-electron chi connectivity index (χ2n) is 6.34. The van der Waals surface area contributed by atoms with E-state index in [-0.39, 0.29) is 28.6 Å². The van der Waals surface area contributed by atoms with E-state index < -0.39 is 22.9 Å². The first kappa shape index (κ1) is 20.9. The van der Waals surface area contributed by atoms with Gasteiger partial charge in [0.25, 0.3) is 11.6 Å². The van der Waals surface area contributed by atoms with Gasteiger partial charge in [-0.05, 0) is 19.9 Å². The topological polar surface area (TPSA) is 134 Å². The monoisotopic (exact) mass is 391 g/mol. The number of non-ortho nitro benzene ring substituents is 1. The van der Waals surface area contributed by atoms with Crippen molar-refractivity contribution in [2.45, 2.75) is 39.7 Å². The number of esters is 1. The Morgan fingerprint density at radius 2 is 1.96 bits per heavy atom. The molecule has 0 fully saturated rings. The Morgan fingerprint density at radius 1 is 1.29 bits per heavy atom. The lowest BCUT2D eigenvalue weighted by atomic mass is 10.1. The molecule has 1 aromatic carbocycles. The number of nitrogens with one attached hydrogen (secondary N) is 1. The Balaban J connectivity index is 2.16. The minimum Gasteiger partial charge on any atom is -0.495 e. The van der Waals surface area contributed by atoms with E-state index in [0.717, 1.165) is 6.07 Å². The summed E-state index contributed by atoms with van der Waals surface area (Å²) in [6.07, 6.45) is -1.18. The molecule has 1 aromatic heterocycles. The zero-order valence-corrected chi connectivity index (χ0v) is 16.1. The molecule has 1 N–H and O–H groups in total. The van der Waals surface area contributed by atoms with E-state index in [0.29, 0.717) is 11.5 Å². The number of amides is 1. The minimum absolute atomic E-state index is 0.0913. The van der Waals surface area contributed by atoms with Gasteiger partial charge in [-0.15, -0.1) is 0 Å². The number of hydrogen-bond donors (Lipinski definition) is 1. The summed E-state index contributed by atoms with van der Waals surface area (Å²) in [4.78, 5) is 35.2. The molecule has 0 spiro atoms. The predicted molar refractivity (Wildman–Crippen MR) is 98.5 cm³/mol. The van der Waals surface area contributed by atoms with Crippen molar-refractivity contribution < 1.29 is 28.5 Å². The summed E-state index contributed by atoms with van der Waals surface area (Å²) in [6, 6.07) is 3.77. The summed E-state index contributed by atoms with van der Waals surface area (Å²) in [7, 11) is 1.36. The maximum Gasteiger partial charge on any atom is 0.344 e. The summed E-state index contributed by atoms with van der Waals surface area (Å²) >= 11 is 0. The van der Waals surface area contributed by atoms with Gasteiger partial charge >= 0.3 is 5.97 Å². The third kappa shape index (κ3) is 4.45. The van der Waals surface area contributed by atoms with E-state index in [1.807, 2.05) is 13.8 Å². The smallest absolute Gasteiger partial charge is 0.344 e. The van der Waals surface area contributed by atoms with Crippen molar-refractivity contribution in [2.24, 2.45) is 0 Å². The first-order valence-corrected chi connectivity index (χ1v) is 8.46. The molecule has 0 bridgehead atoms. The summed E-state index contributed by atoms with van der Waals surface area (Å²) in [5, 5.41) is 17.2. The van der Waals surface area contributed by atoms with Gasteiger partial charge in [-0.2, -0.15) is 0 Å². The summed E-state index contributed by atoms with van der Waals surface area (Å²) in [5.41, 5.74) is 0.417. The number of nitrogens with zero attached hydrogens (tertiary/aromatic N) is 2. The second kappa shape index (κ2) is 8.51. The van der Waals surface area contributed by atoms with Crippen LogP contribution in [0.3, 0.4) is 0 Å². The zero-order chi connectivity index (χ0) is 21.0. The molecule has 10 nitrogen and oxygen atoms in total. The van der Waals surface area contributed by atoms with Crippen LogP contribution in [0.4, 0.5) is 11.4 Å². The molecule has 2 rings (SSSR count). The molecule has 28 heavy (non-hydrogen) atoms. The Morgan fingerprint density at radius 3 is 2.54 bits per heavy atom. The molecule has 1 amide bonds. The van der Waals surface area contributed by atoms with E-state index in [1.165, 1.54) is 26.2 Å². The van der Waals surface area contributed by atoms with Crippen molar-refractivity contribution in [3.8, 4) is 5.75 Å². The molecule has 0 unspecified atom stereocenters. The van der Waals surface area contributed by atoms with Crippen LogP contribution in [0.25, 0.3) is 0 Å². The highest BCUT2D eigenvalue weighted by Crippen LogP contribution is 2.29. The average Bonchev–Trinajstić information content (AvgIpc) is 3.03. The number of methoxy groups -OCH3 is 1. The van der Waals surface area contributed by atoms with Crippen LogP contribution in [-0.4, -0.2) is 35.2 Å². The van der Waals surface area contributed by atoms with Gasteiger partial charge in [-0.3, -0.25) is 14.9 Å². The molecule has 0 aliphatic rings. The molecule has 0 aliphatic carbocycles. The number of hydrogen-bond acceptors (Lipinski definition) is 8. The van der Waals surface area contributed by atoms with E-state index in [1.54, 1.807) is 6.92 Å². The van der Waals surface area contributed by atoms with E-state index in [2.05, 4.69) is 10.5 Å². The maximum atomic E-state index is 12.5. The van der Waals surface area contributed by atoms with Gasteiger partial charge in [-0.25, -0.2) is 4.79 Å². The molecule has 1 heterocycles. The lowest BCUT2D eigenvalue weighted by Crippen LogP contribution is -2.30. The molecule has 150 valence electrons. The zero-order valence-electron chi connectivity index (χ0n) is 16.1. The number of ether oxygens (including phenoxy) is 2. The average molecular weight is 391 g/mol. The number of nitro groups is 1. The Kier molecular flexibility index (Phi) is 6.34. The Bertz CT molecular complexity index is 905. The maximum absolute atomic E-state index is 12.5. The number of rotatable bonds is 7. The number of benzene rings is 1. The molecule has 1 atom stereocenters. The summed E-state index contributed by atoms with van der Waals surface area (Å²) in [5.74, 6) is -0.907. The highest BCUT2D eigenvalue weighted by molar-refractivity contribution is 5.99. The molecule has 0 saturated carbocycles. The highest BCUT2D eigenvalue weighted by Gasteiger charge is 2.27. The Hall–Kier alpha value is -3.43. The number of carbonyl (C=O) groups excluding carboxylic acids is 2. The van der Waals surface area contributed by atoms with Crippen molar-refractivity contribution in [3.05, 3.63) is 45.3 Å². The fourth-order valence-electron chi connectivity index (χ4n) is 2.44. The van der Waals surface area contributed by atoms with Crippen molar-refractivity contribution in [1.82, 2.24) is 5.16 Å². The lowest BCUT2D eigenvalue weighted by molar-refractivity contribution is -0.384. The van der Waals surface area contributed by atoms with Crippen LogP contribution in [0, 0.1) is 17.0 Å². The molecule has 0 aliphatic heterocycles. The fourth-order valence-corrected chi connectivity index (χ4v) is 2.44. The van der Waals surface area contributed by atoms with Crippen LogP contribution in [0.5, 0.6) is 5.75 Å². The largest absolute Gasteiger partial charge is 0.495 e. The number of nitro benzene ring substituents is 1. The van der Waals surface area contributed by atoms with Crippen LogP contribution in [0.15, 0.2) is 22.7 Å². The van der Waals surface area contributed by atoms with Crippen LogP contribution in [-0.2, 0) is 9.53 Å². The lowest BCUT2D eigenvalue weighted by Gasteiger charge is -2.15. The molecular formula is C18H21N3O7. The number of aryl methyl sites for hydroxylation is 1. The van der Waals surface area contributed by atoms with E-state index >= 15 is 0 Å². The van der Waals surface area contributed by atoms with Gasteiger partial charge in [0.2, 0.25) is 0 Å². The first-order chi connectivity index (χ1) is 13.1. The number of carbonyl (C=O) groups is 2. The van der Waals surface area contributed by atoms with Crippen molar-refractivity contribution in [1.29, 1.82) is 0 Å². The highest BCUT2D eigenvalue weighted by atomic mass is 16.6. The molecule has 0 radical (unpaired) electrons. The third-order valence-electron chi connectivity index (χ3n) is 3.92. The normalized spacial score (nSPS) is 11.8. The van der Waals surface area contributed by atoms with E-state index in [9.17, 15) is 19.7 Å².